The van der Waals surface area contributed by atoms with E-state index in [1.807, 2.05) is 38.4 Å². The van der Waals surface area contributed by atoms with Crippen LogP contribution in [0.4, 0.5) is 5.82 Å². The number of hydrogen-bond acceptors (Lipinski definition) is 3. The maximum atomic E-state index is 4.54. The molecule has 0 bridgehead atoms. The van der Waals surface area contributed by atoms with E-state index in [4.69, 9.17) is 0 Å². The monoisotopic (exact) mass is 319 g/mol. The van der Waals surface area contributed by atoms with Gasteiger partial charge in [-0.05, 0) is 37.1 Å². The summed E-state index contributed by atoms with van der Waals surface area (Å²) >= 11 is 3.45. The van der Waals surface area contributed by atoms with Crippen LogP contribution in [-0.2, 0) is 11.9 Å². The van der Waals surface area contributed by atoms with Gasteiger partial charge in [-0.1, -0.05) is 28.1 Å². The van der Waals surface area contributed by atoms with Gasteiger partial charge >= 0.3 is 0 Å². The fourth-order valence-corrected chi connectivity index (χ4v) is 2.41. The lowest BCUT2D eigenvalue weighted by atomic mass is 10.2. The van der Waals surface area contributed by atoms with Crippen molar-refractivity contribution < 1.29 is 0 Å². The van der Waals surface area contributed by atoms with Crippen molar-refractivity contribution in [2.24, 2.45) is 0 Å². The number of halogens is 1. The third-order valence-electron chi connectivity index (χ3n) is 2.97. The molecule has 100 valence electrons. The largest absolute Gasteiger partial charge is 0.354 e. The number of aryl methyl sites for hydroxylation is 2. The summed E-state index contributed by atoms with van der Waals surface area (Å²) in [6, 6.07) is 8.26. The van der Waals surface area contributed by atoms with Gasteiger partial charge in [-0.25, -0.2) is 4.98 Å². The van der Waals surface area contributed by atoms with E-state index in [9.17, 15) is 0 Å². The first kappa shape index (κ1) is 14.0. The second-order valence-corrected chi connectivity index (χ2v) is 5.30. The summed E-state index contributed by atoms with van der Waals surface area (Å²) in [7, 11) is 2.05. The van der Waals surface area contributed by atoms with Gasteiger partial charge in [0, 0.05) is 24.3 Å². The van der Waals surface area contributed by atoms with Gasteiger partial charge in [0.2, 0.25) is 0 Å². The zero-order valence-electron chi connectivity index (χ0n) is 11.5. The van der Waals surface area contributed by atoms with E-state index in [0.29, 0.717) is 0 Å². The zero-order chi connectivity index (χ0) is 13.8. The second-order valence-electron chi connectivity index (χ2n) is 4.74. The predicted molar refractivity (Wildman–Crippen MR) is 82.7 cm³/mol. The van der Waals surface area contributed by atoms with Gasteiger partial charge in [-0.3, -0.25) is 4.98 Å². The van der Waals surface area contributed by atoms with Crippen LogP contribution in [0.1, 0.15) is 22.5 Å². The number of hydrogen-bond donors (Lipinski definition) is 0. The van der Waals surface area contributed by atoms with Gasteiger partial charge in [0.1, 0.15) is 5.82 Å². The lowest BCUT2D eigenvalue weighted by molar-refractivity contribution is 0.853. The van der Waals surface area contributed by atoms with Crippen molar-refractivity contribution in [3.63, 3.8) is 0 Å². The van der Waals surface area contributed by atoms with Crippen LogP contribution < -0.4 is 4.90 Å². The van der Waals surface area contributed by atoms with Crippen molar-refractivity contribution in [1.82, 2.24) is 9.97 Å². The van der Waals surface area contributed by atoms with E-state index in [-0.39, 0.29) is 0 Å². The third kappa shape index (κ3) is 3.53. The van der Waals surface area contributed by atoms with Crippen molar-refractivity contribution in [2.75, 3.05) is 11.9 Å². The maximum Gasteiger partial charge on any atom is 0.131 e. The Kier molecular flexibility index (Phi) is 4.53. The highest BCUT2D eigenvalue weighted by molar-refractivity contribution is 9.08. The molecule has 2 rings (SSSR count). The van der Waals surface area contributed by atoms with E-state index in [0.717, 1.165) is 29.1 Å². The summed E-state index contributed by atoms with van der Waals surface area (Å²) in [4.78, 5) is 11.2. The third-order valence-corrected chi connectivity index (χ3v) is 3.62. The summed E-state index contributed by atoms with van der Waals surface area (Å²) in [5.74, 6) is 1.01. The summed E-state index contributed by atoms with van der Waals surface area (Å²) in [5, 5.41) is 0.838. The number of rotatable bonds is 4. The van der Waals surface area contributed by atoms with Crippen LogP contribution in [0.5, 0.6) is 0 Å². The van der Waals surface area contributed by atoms with Crippen molar-refractivity contribution >= 4 is 21.7 Å². The molecule has 0 aliphatic heterocycles. The van der Waals surface area contributed by atoms with Gasteiger partial charge in [0.15, 0.2) is 0 Å². The molecule has 0 radical (unpaired) electrons. The summed E-state index contributed by atoms with van der Waals surface area (Å²) in [6.45, 7) is 4.87. The molecule has 0 amide bonds. The SMILES string of the molecule is Cc1cccc(CN(C)c2ncc(CBr)cc2C)n1. The minimum absolute atomic E-state index is 0.767. The van der Waals surface area contributed by atoms with Gasteiger partial charge in [-0.15, -0.1) is 0 Å². The predicted octanol–water partition coefficient (Wildman–Crippen LogP) is 3.62. The number of alkyl halides is 1. The molecule has 0 saturated carbocycles. The molecule has 0 fully saturated rings. The molecule has 0 N–H and O–H groups in total. The highest BCUT2D eigenvalue weighted by Gasteiger charge is 2.08. The zero-order valence-corrected chi connectivity index (χ0v) is 13.1. The smallest absolute Gasteiger partial charge is 0.131 e. The van der Waals surface area contributed by atoms with Gasteiger partial charge in [0.25, 0.3) is 0 Å². The Morgan fingerprint density at radius 3 is 2.68 bits per heavy atom. The Balaban J connectivity index is 2.18. The molecule has 0 saturated heterocycles. The molecule has 0 aromatic carbocycles. The number of anilines is 1. The molecular weight excluding hydrogens is 302 g/mol. The van der Waals surface area contributed by atoms with Crippen LogP contribution in [0.2, 0.25) is 0 Å². The van der Waals surface area contributed by atoms with Crippen molar-refractivity contribution in [3.05, 3.63) is 53.0 Å². The summed E-state index contributed by atoms with van der Waals surface area (Å²) < 4.78 is 0. The first-order valence-corrected chi connectivity index (χ1v) is 7.37. The Labute approximate surface area is 122 Å². The normalized spacial score (nSPS) is 10.5. The highest BCUT2D eigenvalue weighted by Crippen LogP contribution is 2.19. The minimum Gasteiger partial charge on any atom is -0.354 e. The van der Waals surface area contributed by atoms with Gasteiger partial charge in [-0.2, -0.15) is 0 Å². The average molecular weight is 320 g/mol. The van der Waals surface area contributed by atoms with Crippen LogP contribution in [0, 0.1) is 13.8 Å². The van der Waals surface area contributed by atoms with Crippen molar-refractivity contribution in [1.29, 1.82) is 0 Å². The molecule has 0 aliphatic rings. The molecular formula is C15H18BrN3. The summed E-state index contributed by atoms with van der Waals surface area (Å²) in [6.07, 6.45) is 1.91. The first-order chi connectivity index (χ1) is 9.10. The lowest BCUT2D eigenvalue weighted by Gasteiger charge is -2.20. The topological polar surface area (TPSA) is 29.0 Å². The Hall–Kier alpha value is -1.42. The quantitative estimate of drug-likeness (QED) is 0.806. The molecule has 2 heterocycles. The standard InChI is InChI=1S/C15H18BrN3/c1-11-7-13(8-16)9-17-15(11)19(3)10-14-6-4-5-12(2)18-14/h4-7,9H,8,10H2,1-3H3. The molecule has 2 aromatic heterocycles. The number of nitrogens with zero attached hydrogens (tertiary/aromatic N) is 3. The Morgan fingerprint density at radius 1 is 1.26 bits per heavy atom. The molecule has 0 aliphatic carbocycles. The van der Waals surface area contributed by atoms with Crippen LogP contribution in [0.15, 0.2) is 30.5 Å². The minimum atomic E-state index is 0.767. The maximum absolute atomic E-state index is 4.54. The summed E-state index contributed by atoms with van der Waals surface area (Å²) in [5.41, 5.74) is 4.49. The van der Waals surface area contributed by atoms with E-state index >= 15 is 0 Å². The van der Waals surface area contributed by atoms with Crippen LogP contribution >= 0.6 is 15.9 Å². The fourth-order valence-electron chi connectivity index (χ4n) is 2.10. The fraction of sp³-hybridized carbons (Fsp3) is 0.333. The molecule has 0 atom stereocenters. The highest BCUT2D eigenvalue weighted by atomic mass is 79.9. The van der Waals surface area contributed by atoms with Crippen LogP contribution in [-0.4, -0.2) is 17.0 Å². The van der Waals surface area contributed by atoms with Gasteiger partial charge in [0.05, 0.1) is 12.2 Å². The number of aromatic nitrogens is 2. The first-order valence-electron chi connectivity index (χ1n) is 6.25. The molecule has 0 spiro atoms. The average Bonchev–Trinajstić information content (AvgIpc) is 2.38. The number of pyridine rings is 2. The van der Waals surface area contributed by atoms with E-state index in [2.05, 4.69) is 43.8 Å². The molecule has 3 nitrogen and oxygen atoms in total. The Bertz CT molecular complexity index is 569. The molecule has 4 heteroatoms. The molecule has 19 heavy (non-hydrogen) atoms. The van der Waals surface area contributed by atoms with Crippen LogP contribution in [0.25, 0.3) is 0 Å². The second kappa shape index (κ2) is 6.15. The van der Waals surface area contributed by atoms with Crippen LogP contribution in [0.3, 0.4) is 0 Å². The van der Waals surface area contributed by atoms with Crippen molar-refractivity contribution in [2.45, 2.75) is 25.7 Å². The Morgan fingerprint density at radius 2 is 2.05 bits per heavy atom. The molecule has 0 unspecified atom stereocenters. The molecule has 2 aromatic rings. The van der Waals surface area contributed by atoms with Gasteiger partial charge < -0.3 is 4.90 Å². The van der Waals surface area contributed by atoms with E-state index in [1.165, 1.54) is 11.1 Å². The van der Waals surface area contributed by atoms with E-state index < -0.39 is 0 Å². The van der Waals surface area contributed by atoms with E-state index in [1.54, 1.807) is 0 Å². The lowest BCUT2D eigenvalue weighted by Crippen LogP contribution is -2.19. The van der Waals surface area contributed by atoms with Crippen molar-refractivity contribution in [3.8, 4) is 0 Å².